The fraction of sp³-hybridized carbons (Fsp3) is 0.385. The molecule has 18 heavy (non-hydrogen) atoms. The maximum Gasteiger partial charge on any atom is 0.306 e. The summed E-state index contributed by atoms with van der Waals surface area (Å²) in [5.41, 5.74) is 1.64. The van der Waals surface area contributed by atoms with Crippen molar-refractivity contribution in [1.29, 1.82) is 0 Å². The van der Waals surface area contributed by atoms with Gasteiger partial charge in [0, 0.05) is 12.1 Å². The number of aliphatic carboxylic acids is 1. The number of aryl methyl sites for hydroxylation is 1. The van der Waals surface area contributed by atoms with Crippen LogP contribution in [0.2, 0.25) is 0 Å². The van der Waals surface area contributed by atoms with E-state index >= 15 is 0 Å². The second-order valence-corrected chi connectivity index (χ2v) is 4.17. The average molecular weight is 249 g/mol. The van der Waals surface area contributed by atoms with Crippen molar-refractivity contribution < 1.29 is 19.4 Å². The Morgan fingerprint density at radius 2 is 2.28 bits per heavy atom. The summed E-state index contributed by atoms with van der Waals surface area (Å²) in [7, 11) is 0. The molecule has 96 valence electrons. The van der Waals surface area contributed by atoms with E-state index in [2.05, 4.69) is 5.32 Å². The summed E-state index contributed by atoms with van der Waals surface area (Å²) in [5.74, 6) is -0.458. The molecular formula is C13H15NO4. The molecule has 1 aromatic rings. The molecule has 1 aliphatic heterocycles. The van der Waals surface area contributed by atoms with E-state index in [1.54, 1.807) is 12.1 Å². The third kappa shape index (κ3) is 3.00. The van der Waals surface area contributed by atoms with Crippen LogP contribution >= 0.6 is 0 Å². The molecule has 1 aliphatic rings. The number of carbonyl (C=O) groups is 2. The van der Waals surface area contributed by atoms with Gasteiger partial charge in [-0.05, 0) is 30.5 Å². The van der Waals surface area contributed by atoms with Gasteiger partial charge in [0.1, 0.15) is 5.75 Å². The van der Waals surface area contributed by atoms with Gasteiger partial charge in [0.15, 0.2) is 0 Å². The summed E-state index contributed by atoms with van der Waals surface area (Å²) in [6, 6.07) is 5.33. The smallest absolute Gasteiger partial charge is 0.306 e. The number of hydrogen-bond acceptors (Lipinski definition) is 3. The molecule has 0 spiro atoms. The van der Waals surface area contributed by atoms with E-state index in [1.807, 2.05) is 6.07 Å². The number of ether oxygens (including phenoxy) is 1. The van der Waals surface area contributed by atoms with Crippen LogP contribution < -0.4 is 10.1 Å². The van der Waals surface area contributed by atoms with E-state index in [1.165, 1.54) is 0 Å². The predicted molar refractivity (Wildman–Crippen MR) is 64.8 cm³/mol. The van der Waals surface area contributed by atoms with E-state index in [4.69, 9.17) is 9.84 Å². The Kier molecular flexibility index (Phi) is 3.82. The largest absolute Gasteiger partial charge is 0.493 e. The zero-order valence-corrected chi connectivity index (χ0v) is 9.94. The second kappa shape index (κ2) is 5.53. The van der Waals surface area contributed by atoms with Gasteiger partial charge in [-0.25, -0.2) is 0 Å². The third-order valence-corrected chi connectivity index (χ3v) is 2.82. The van der Waals surface area contributed by atoms with E-state index in [0.717, 1.165) is 18.4 Å². The van der Waals surface area contributed by atoms with E-state index in [0.29, 0.717) is 17.9 Å². The van der Waals surface area contributed by atoms with Crippen LogP contribution in [-0.2, 0) is 11.2 Å². The molecule has 0 atom stereocenters. The number of rotatable bonds is 4. The number of carboxylic acids is 1. The van der Waals surface area contributed by atoms with E-state index < -0.39 is 5.97 Å². The number of benzene rings is 1. The summed E-state index contributed by atoms with van der Waals surface area (Å²) < 4.78 is 5.31. The SMILES string of the molecule is O=C(O)CCOc1ccc2c(c1)C(=O)NCCC2. The number of fused-ring (bicyclic) bond motifs is 1. The van der Waals surface area contributed by atoms with Crippen molar-refractivity contribution in [1.82, 2.24) is 5.32 Å². The van der Waals surface area contributed by atoms with Crippen LogP contribution in [0, 0.1) is 0 Å². The first-order valence-electron chi connectivity index (χ1n) is 5.92. The van der Waals surface area contributed by atoms with Crippen LogP contribution in [0.25, 0.3) is 0 Å². The molecule has 0 bridgehead atoms. The lowest BCUT2D eigenvalue weighted by molar-refractivity contribution is -0.137. The van der Waals surface area contributed by atoms with Gasteiger partial charge in [0.25, 0.3) is 5.91 Å². The van der Waals surface area contributed by atoms with Crippen LogP contribution in [0.3, 0.4) is 0 Å². The van der Waals surface area contributed by atoms with Crippen molar-refractivity contribution in [2.45, 2.75) is 19.3 Å². The molecule has 1 amide bonds. The van der Waals surface area contributed by atoms with Gasteiger partial charge in [-0.3, -0.25) is 9.59 Å². The van der Waals surface area contributed by atoms with Gasteiger partial charge < -0.3 is 15.2 Å². The quantitative estimate of drug-likeness (QED) is 0.841. The average Bonchev–Trinajstić information content (AvgIpc) is 2.51. The Bertz CT molecular complexity index is 470. The number of carboxylic acid groups (broad SMARTS) is 1. The minimum absolute atomic E-state index is 0.0523. The van der Waals surface area contributed by atoms with Crippen molar-refractivity contribution in [3.63, 3.8) is 0 Å². The van der Waals surface area contributed by atoms with Crippen LogP contribution in [0.15, 0.2) is 18.2 Å². The minimum Gasteiger partial charge on any atom is -0.493 e. The van der Waals surface area contributed by atoms with E-state index in [-0.39, 0.29) is 18.9 Å². The fourth-order valence-corrected chi connectivity index (χ4v) is 1.91. The Labute approximate surface area is 105 Å². The number of carbonyl (C=O) groups excluding carboxylic acids is 1. The summed E-state index contributed by atoms with van der Waals surface area (Å²) in [6.07, 6.45) is 1.74. The highest BCUT2D eigenvalue weighted by Gasteiger charge is 2.15. The normalized spacial score (nSPS) is 14.3. The van der Waals surface area contributed by atoms with Gasteiger partial charge in [-0.15, -0.1) is 0 Å². The molecule has 1 aromatic carbocycles. The fourth-order valence-electron chi connectivity index (χ4n) is 1.91. The molecule has 2 N–H and O–H groups in total. The van der Waals surface area contributed by atoms with Crippen LogP contribution in [0.5, 0.6) is 5.75 Å². The molecule has 0 radical (unpaired) electrons. The lowest BCUT2D eigenvalue weighted by Crippen LogP contribution is -2.22. The second-order valence-electron chi connectivity index (χ2n) is 4.17. The third-order valence-electron chi connectivity index (χ3n) is 2.82. The molecule has 0 fully saturated rings. The van der Waals surface area contributed by atoms with Crippen molar-refractivity contribution in [2.75, 3.05) is 13.2 Å². The Morgan fingerprint density at radius 3 is 3.06 bits per heavy atom. The Morgan fingerprint density at radius 1 is 1.44 bits per heavy atom. The van der Waals surface area contributed by atoms with Crippen molar-refractivity contribution in [3.8, 4) is 5.75 Å². The number of amides is 1. The molecular weight excluding hydrogens is 234 g/mol. The lowest BCUT2D eigenvalue weighted by atomic mass is 10.0. The highest BCUT2D eigenvalue weighted by atomic mass is 16.5. The van der Waals surface area contributed by atoms with Crippen LogP contribution in [0.4, 0.5) is 0 Å². The number of hydrogen-bond donors (Lipinski definition) is 2. The molecule has 5 heteroatoms. The first-order valence-corrected chi connectivity index (χ1v) is 5.92. The molecule has 0 saturated carbocycles. The molecule has 0 aromatic heterocycles. The molecule has 0 unspecified atom stereocenters. The zero-order valence-electron chi connectivity index (χ0n) is 9.94. The number of nitrogens with one attached hydrogen (secondary N) is 1. The molecule has 0 aliphatic carbocycles. The van der Waals surface area contributed by atoms with Crippen molar-refractivity contribution in [2.24, 2.45) is 0 Å². The molecule has 0 saturated heterocycles. The first-order chi connectivity index (χ1) is 8.66. The summed E-state index contributed by atoms with van der Waals surface area (Å²) >= 11 is 0. The maximum atomic E-state index is 11.8. The summed E-state index contributed by atoms with van der Waals surface area (Å²) in [5, 5.41) is 11.3. The standard InChI is InChI=1S/C13H15NO4/c15-12(16)5-7-18-10-4-3-9-2-1-6-14-13(17)11(9)8-10/h3-4,8H,1-2,5-7H2,(H,14,17)(H,15,16). The zero-order chi connectivity index (χ0) is 13.0. The van der Waals surface area contributed by atoms with Gasteiger partial charge in [-0.1, -0.05) is 6.07 Å². The highest BCUT2D eigenvalue weighted by Crippen LogP contribution is 2.21. The van der Waals surface area contributed by atoms with Gasteiger partial charge >= 0.3 is 5.97 Å². The van der Waals surface area contributed by atoms with Gasteiger partial charge in [0.05, 0.1) is 13.0 Å². The predicted octanol–water partition coefficient (Wildman–Crippen LogP) is 1.22. The van der Waals surface area contributed by atoms with Gasteiger partial charge in [-0.2, -0.15) is 0 Å². The maximum absolute atomic E-state index is 11.8. The highest BCUT2D eigenvalue weighted by molar-refractivity contribution is 5.96. The molecule has 5 nitrogen and oxygen atoms in total. The van der Waals surface area contributed by atoms with Crippen LogP contribution in [0.1, 0.15) is 28.8 Å². The topological polar surface area (TPSA) is 75.6 Å². The molecule has 2 rings (SSSR count). The van der Waals surface area contributed by atoms with Gasteiger partial charge in [0.2, 0.25) is 0 Å². The minimum atomic E-state index is -0.900. The van der Waals surface area contributed by atoms with Crippen molar-refractivity contribution >= 4 is 11.9 Å². The lowest BCUT2D eigenvalue weighted by Gasteiger charge is -2.09. The molecule has 1 heterocycles. The summed E-state index contributed by atoms with van der Waals surface area (Å²) in [6.45, 7) is 0.790. The van der Waals surface area contributed by atoms with Crippen molar-refractivity contribution in [3.05, 3.63) is 29.3 Å². The first kappa shape index (κ1) is 12.4. The summed E-state index contributed by atoms with van der Waals surface area (Å²) in [4.78, 5) is 22.2. The van der Waals surface area contributed by atoms with E-state index in [9.17, 15) is 9.59 Å². The monoisotopic (exact) mass is 249 g/mol. The Hall–Kier alpha value is -2.04. The Balaban J connectivity index is 2.10. The van der Waals surface area contributed by atoms with Crippen LogP contribution in [-0.4, -0.2) is 30.1 Å².